The molecule has 2 aromatic rings. The fourth-order valence-corrected chi connectivity index (χ4v) is 2.36. The maximum absolute atomic E-state index is 11.2. The summed E-state index contributed by atoms with van der Waals surface area (Å²) in [6.45, 7) is -0.633. The van der Waals surface area contributed by atoms with E-state index >= 15 is 0 Å². The van der Waals surface area contributed by atoms with Gasteiger partial charge in [-0.2, -0.15) is 0 Å². The van der Waals surface area contributed by atoms with Crippen LogP contribution in [-0.2, 0) is 0 Å². The van der Waals surface area contributed by atoms with Gasteiger partial charge < -0.3 is 15.5 Å². The van der Waals surface area contributed by atoms with E-state index in [1.54, 1.807) is 0 Å². The molecule has 2 rings (SSSR count). The number of nitro groups is 3. The van der Waals surface area contributed by atoms with Crippen molar-refractivity contribution in [2.24, 2.45) is 0 Å². The lowest BCUT2D eigenvalue weighted by atomic mass is 10.0. The molecule has 0 saturated carbocycles. The van der Waals surface area contributed by atoms with Crippen LogP contribution < -0.4 is 5.32 Å². The molecule has 0 aromatic heterocycles. The molecule has 142 valence electrons. The third-order valence-electron chi connectivity index (χ3n) is 3.75. The van der Waals surface area contributed by atoms with Crippen LogP contribution in [0, 0.1) is 30.3 Å². The number of anilines is 1. The number of nitro benzene ring substituents is 3. The van der Waals surface area contributed by atoms with Crippen LogP contribution in [0.25, 0.3) is 0 Å². The molecular weight excluding hydrogens is 364 g/mol. The van der Waals surface area contributed by atoms with E-state index in [4.69, 9.17) is 0 Å². The van der Waals surface area contributed by atoms with Gasteiger partial charge in [-0.1, -0.05) is 0 Å². The predicted molar refractivity (Wildman–Crippen MR) is 92.3 cm³/mol. The molecule has 12 nitrogen and oxygen atoms in total. The molecule has 0 fully saturated rings. The fourth-order valence-electron chi connectivity index (χ4n) is 2.36. The molecule has 3 N–H and O–H groups in total. The fraction of sp³-hybridized carbons (Fsp3) is 0.200. The first-order valence-electron chi connectivity index (χ1n) is 7.47. The van der Waals surface area contributed by atoms with Gasteiger partial charge in [0.25, 0.3) is 17.1 Å². The molecule has 2 aromatic carbocycles. The van der Waals surface area contributed by atoms with E-state index in [0.717, 1.165) is 18.2 Å². The lowest BCUT2D eigenvalue weighted by molar-refractivity contribution is -0.393. The van der Waals surface area contributed by atoms with Gasteiger partial charge >= 0.3 is 0 Å². The zero-order chi connectivity index (χ0) is 20.1. The van der Waals surface area contributed by atoms with E-state index in [1.807, 2.05) is 0 Å². The predicted octanol–water partition coefficient (Wildman–Crippen LogP) is 1.92. The van der Waals surface area contributed by atoms with Crippen molar-refractivity contribution in [1.29, 1.82) is 0 Å². The largest absolute Gasteiger partial charge is 0.394 e. The Kier molecular flexibility index (Phi) is 5.95. The smallest absolute Gasteiger partial charge is 0.299 e. The number of hydrogen-bond donors (Lipinski definition) is 3. The van der Waals surface area contributed by atoms with Crippen molar-refractivity contribution in [3.05, 3.63) is 78.4 Å². The van der Waals surface area contributed by atoms with E-state index in [9.17, 15) is 40.6 Å². The summed E-state index contributed by atoms with van der Waals surface area (Å²) in [6.07, 6.45) is -1.36. The molecule has 0 aliphatic carbocycles. The monoisotopic (exact) mass is 378 g/mol. The van der Waals surface area contributed by atoms with Crippen LogP contribution in [0.15, 0.2) is 42.5 Å². The van der Waals surface area contributed by atoms with E-state index in [-0.39, 0.29) is 16.9 Å². The van der Waals surface area contributed by atoms with Gasteiger partial charge in [0.15, 0.2) is 0 Å². The van der Waals surface area contributed by atoms with Crippen LogP contribution in [0.3, 0.4) is 0 Å². The highest BCUT2D eigenvalue weighted by Gasteiger charge is 2.26. The molecule has 0 amide bonds. The highest BCUT2D eigenvalue weighted by atomic mass is 16.6. The van der Waals surface area contributed by atoms with Gasteiger partial charge in [0.05, 0.1) is 33.5 Å². The molecular formula is C15H14N4O8. The van der Waals surface area contributed by atoms with E-state index in [2.05, 4.69) is 5.32 Å². The molecule has 0 aliphatic rings. The highest BCUT2D eigenvalue weighted by Crippen LogP contribution is 2.31. The summed E-state index contributed by atoms with van der Waals surface area (Å²) < 4.78 is 0. The Balaban J connectivity index is 2.29. The van der Waals surface area contributed by atoms with Crippen molar-refractivity contribution in [1.82, 2.24) is 0 Å². The van der Waals surface area contributed by atoms with Crippen LogP contribution in [0.1, 0.15) is 11.7 Å². The molecule has 12 heteroatoms. The molecule has 27 heavy (non-hydrogen) atoms. The van der Waals surface area contributed by atoms with Crippen LogP contribution in [0.5, 0.6) is 0 Å². The van der Waals surface area contributed by atoms with E-state index in [0.29, 0.717) is 0 Å². The molecule has 2 atom stereocenters. The van der Waals surface area contributed by atoms with Crippen molar-refractivity contribution >= 4 is 22.7 Å². The first-order valence-corrected chi connectivity index (χ1v) is 7.47. The summed E-state index contributed by atoms with van der Waals surface area (Å²) in [5.41, 5.74) is -1.17. The van der Waals surface area contributed by atoms with E-state index in [1.165, 1.54) is 24.3 Å². The number of hydrogen-bond acceptors (Lipinski definition) is 9. The SMILES string of the molecule is O=[N+]([O-])c1ccc([C@@H](O)[C@@H](CO)Nc2ccc([N+](=O)[O-])cc2[N+](=O)[O-])cc1. The van der Waals surface area contributed by atoms with E-state index < -0.39 is 44.9 Å². The Morgan fingerprint density at radius 1 is 0.889 bits per heavy atom. The second-order valence-corrected chi connectivity index (χ2v) is 5.44. The lowest BCUT2D eigenvalue weighted by Crippen LogP contribution is -2.31. The average Bonchev–Trinajstić information content (AvgIpc) is 2.65. The number of aliphatic hydroxyl groups is 2. The van der Waals surface area contributed by atoms with Gasteiger partial charge in [0, 0.05) is 18.2 Å². The summed E-state index contributed by atoms with van der Waals surface area (Å²) in [6, 6.07) is 6.71. The summed E-state index contributed by atoms with van der Waals surface area (Å²) >= 11 is 0. The lowest BCUT2D eigenvalue weighted by Gasteiger charge is -2.23. The van der Waals surface area contributed by atoms with Crippen molar-refractivity contribution in [3.63, 3.8) is 0 Å². The Bertz CT molecular complexity index is 871. The normalized spacial score (nSPS) is 12.8. The molecule has 0 spiro atoms. The van der Waals surface area contributed by atoms with Gasteiger partial charge in [-0.25, -0.2) is 0 Å². The van der Waals surface area contributed by atoms with Gasteiger partial charge in [0.1, 0.15) is 11.8 Å². The second-order valence-electron chi connectivity index (χ2n) is 5.44. The second kappa shape index (κ2) is 8.16. The van der Waals surface area contributed by atoms with Crippen molar-refractivity contribution < 1.29 is 25.0 Å². The summed E-state index contributed by atoms with van der Waals surface area (Å²) in [7, 11) is 0. The standard InChI is InChI=1S/C15H14N4O8/c20-8-13(15(21)9-1-3-10(4-2-9)17(22)23)16-12-6-5-11(18(24)25)7-14(12)19(26)27/h1-7,13,15-16,20-21H,8H2/t13-,15-/m1/s1. The van der Waals surface area contributed by atoms with Crippen LogP contribution in [-0.4, -0.2) is 37.6 Å². The number of nitrogens with one attached hydrogen (secondary N) is 1. The Labute approximate surface area is 151 Å². The third-order valence-corrected chi connectivity index (χ3v) is 3.75. The summed E-state index contributed by atoms with van der Waals surface area (Å²) in [5, 5.41) is 55.1. The van der Waals surface area contributed by atoms with Gasteiger partial charge in [0.2, 0.25) is 0 Å². The zero-order valence-corrected chi connectivity index (χ0v) is 13.6. The third kappa shape index (κ3) is 4.50. The summed E-state index contributed by atoms with van der Waals surface area (Å²) in [5.74, 6) is 0. The highest BCUT2D eigenvalue weighted by molar-refractivity contribution is 5.65. The zero-order valence-electron chi connectivity index (χ0n) is 13.6. The van der Waals surface area contributed by atoms with Crippen LogP contribution >= 0.6 is 0 Å². The summed E-state index contributed by atoms with van der Waals surface area (Å²) in [4.78, 5) is 30.4. The Hall–Kier alpha value is -3.64. The quantitative estimate of drug-likeness (QED) is 0.456. The van der Waals surface area contributed by atoms with Gasteiger partial charge in [-0.15, -0.1) is 0 Å². The topological polar surface area (TPSA) is 182 Å². The first kappa shape index (κ1) is 19.7. The Morgan fingerprint density at radius 3 is 1.93 bits per heavy atom. The minimum atomic E-state index is -1.36. The molecule has 0 bridgehead atoms. The molecule has 0 heterocycles. The van der Waals surface area contributed by atoms with Crippen molar-refractivity contribution in [3.8, 4) is 0 Å². The van der Waals surface area contributed by atoms with Crippen LogP contribution in [0.4, 0.5) is 22.7 Å². The number of rotatable bonds is 8. The maximum atomic E-state index is 11.2. The minimum Gasteiger partial charge on any atom is -0.394 e. The molecule has 0 aliphatic heterocycles. The molecule has 0 unspecified atom stereocenters. The molecule has 0 radical (unpaired) electrons. The number of non-ortho nitro benzene ring substituents is 2. The minimum absolute atomic E-state index is 0.134. The first-order chi connectivity index (χ1) is 12.7. The van der Waals surface area contributed by atoms with Gasteiger partial charge in [-0.05, 0) is 23.8 Å². The Morgan fingerprint density at radius 2 is 1.44 bits per heavy atom. The number of benzene rings is 2. The van der Waals surface area contributed by atoms with Crippen molar-refractivity contribution in [2.45, 2.75) is 12.1 Å². The number of nitrogens with zero attached hydrogens (tertiary/aromatic N) is 3. The van der Waals surface area contributed by atoms with Crippen LogP contribution in [0.2, 0.25) is 0 Å². The maximum Gasteiger partial charge on any atom is 0.299 e. The average molecular weight is 378 g/mol. The van der Waals surface area contributed by atoms with Crippen molar-refractivity contribution in [2.75, 3.05) is 11.9 Å². The molecule has 0 saturated heterocycles. The number of aliphatic hydroxyl groups excluding tert-OH is 2. The van der Waals surface area contributed by atoms with Gasteiger partial charge in [-0.3, -0.25) is 30.3 Å².